The molecule has 1 heterocycles. The van der Waals surface area contributed by atoms with Crippen LogP contribution < -0.4 is 5.56 Å². The van der Waals surface area contributed by atoms with Gasteiger partial charge in [-0.3, -0.25) is 14.2 Å². The second-order valence-corrected chi connectivity index (χ2v) is 8.20. The van der Waals surface area contributed by atoms with Gasteiger partial charge in [-0.1, -0.05) is 56.3 Å². The van der Waals surface area contributed by atoms with Gasteiger partial charge in [-0.05, 0) is 54.8 Å². The number of hydrogen-bond acceptors (Lipinski definition) is 3. The zero-order valence-corrected chi connectivity index (χ0v) is 19.4. The first-order chi connectivity index (χ1) is 16.5. The molecular weight excluding hydrogens is 429 g/mol. The number of carbonyl (C=O) groups excluding carboxylic acids is 1. The summed E-state index contributed by atoms with van der Waals surface area (Å²) in [5.41, 5.74) is 1.99. The van der Waals surface area contributed by atoms with Crippen LogP contribution in [0.15, 0.2) is 83.7 Å². The van der Waals surface area contributed by atoms with Gasteiger partial charge in [0.25, 0.3) is 5.56 Å². The molecule has 5 nitrogen and oxygen atoms in total. The van der Waals surface area contributed by atoms with E-state index in [1.54, 1.807) is 30.3 Å². The number of para-hydroxylation sites is 1. The standard InChI is InChI=1S/C28H28FN3O2/c1-3-25(31(26(33)4-2)19-18-20-10-6-5-7-11-20)27-30-24-13-9-8-12-23(24)28(34)32(27)22-16-14-21(29)15-17-22/h5-17,25H,3-4,18-19H2,1-2H3. The van der Waals surface area contributed by atoms with Crippen molar-refractivity contribution in [2.75, 3.05) is 6.54 Å². The van der Waals surface area contributed by atoms with Gasteiger partial charge in [-0.15, -0.1) is 0 Å². The summed E-state index contributed by atoms with van der Waals surface area (Å²) in [7, 11) is 0. The Morgan fingerprint density at radius 3 is 2.32 bits per heavy atom. The molecule has 0 fully saturated rings. The Bertz CT molecular complexity index is 1330. The number of carbonyl (C=O) groups is 1. The van der Waals surface area contributed by atoms with Crippen LogP contribution in [0.4, 0.5) is 4.39 Å². The zero-order valence-electron chi connectivity index (χ0n) is 19.4. The van der Waals surface area contributed by atoms with Gasteiger partial charge in [0.1, 0.15) is 11.6 Å². The third-order valence-corrected chi connectivity index (χ3v) is 6.05. The minimum Gasteiger partial charge on any atom is -0.332 e. The van der Waals surface area contributed by atoms with Gasteiger partial charge in [0.05, 0.1) is 22.6 Å². The summed E-state index contributed by atoms with van der Waals surface area (Å²) in [4.78, 5) is 33.4. The van der Waals surface area contributed by atoms with Crippen LogP contribution in [-0.2, 0) is 11.2 Å². The van der Waals surface area contributed by atoms with Crippen molar-refractivity contribution in [3.63, 3.8) is 0 Å². The maximum Gasteiger partial charge on any atom is 0.266 e. The van der Waals surface area contributed by atoms with Crippen molar-refractivity contribution in [3.8, 4) is 5.69 Å². The fraction of sp³-hybridized carbons (Fsp3) is 0.250. The van der Waals surface area contributed by atoms with Gasteiger partial charge in [0.2, 0.25) is 5.91 Å². The smallest absolute Gasteiger partial charge is 0.266 e. The van der Waals surface area contributed by atoms with E-state index >= 15 is 0 Å². The third kappa shape index (κ3) is 4.76. The van der Waals surface area contributed by atoms with Gasteiger partial charge in [-0.25, -0.2) is 9.37 Å². The summed E-state index contributed by atoms with van der Waals surface area (Å²) >= 11 is 0. The number of halogens is 1. The molecule has 34 heavy (non-hydrogen) atoms. The van der Waals surface area contributed by atoms with Crippen molar-refractivity contribution in [2.45, 2.75) is 39.2 Å². The number of benzene rings is 3. The quantitative estimate of drug-likeness (QED) is 0.353. The van der Waals surface area contributed by atoms with E-state index in [1.165, 1.54) is 16.7 Å². The van der Waals surface area contributed by atoms with Gasteiger partial charge in [0.15, 0.2) is 0 Å². The highest BCUT2D eigenvalue weighted by Crippen LogP contribution is 2.27. The lowest BCUT2D eigenvalue weighted by molar-refractivity contribution is -0.133. The molecule has 0 saturated heterocycles. The lowest BCUT2D eigenvalue weighted by Crippen LogP contribution is -2.39. The molecule has 0 N–H and O–H groups in total. The lowest BCUT2D eigenvalue weighted by Gasteiger charge is -2.32. The van der Waals surface area contributed by atoms with Crippen molar-refractivity contribution in [1.82, 2.24) is 14.5 Å². The molecule has 3 aromatic carbocycles. The summed E-state index contributed by atoms with van der Waals surface area (Å²) in [6, 6.07) is 22.6. The Labute approximate surface area is 198 Å². The molecule has 0 spiro atoms. The maximum absolute atomic E-state index is 13.7. The Morgan fingerprint density at radius 1 is 0.971 bits per heavy atom. The largest absolute Gasteiger partial charge is 0.332 e. The van der Waals surface area contributed by atoms with Gasteiger partial charge in [-0.2, -0.15) is 0 Å². The van der Waals surface area contributed by atoms with Crippen molar-refractivity contribution >= 4 is 16.8 Å². The molecule has 1 aromatic heterocycles. The number of hydrogen-bond donors (Lipinski definition) is 0. The molecule has 1 amide bonds. The zero-order chi connectivity index (χ0) is 24.1. The van der Waals surface area contributed by atoms with Crippen LogP contribution in [0.3, 0.4) is 0 Å². The van der Waals surface area contributed by atoms with E-state index in [9.17, 15) is 14.0 Å². The third-order valence-electron chi connectivity index (χ3n) is 6.05. The molecule has 174 valence electrons. The number of amides is 1. The van der Waals surface area contributed by atoms with Crippen LogP contribution in [0.2, 0.25) is 0 Å². The summed E-state index contributed by atoms with van der Waals surface area (Å²) in [6.45, 7) is 4.33. The van der Waals surface area contributed by atoms with Crippen molar-refractivity contribution in [2.24, 2.45) is 0 Å². The molecular formula is C28H28FN3O2. The van der Waals surface area contributed by atoms with Crippen molar-refractivity contribution in [3.05, 3.63) is 106 Å². The Balaban J connectivity index is 1.86. The molecule has 0 aliphatic rings. The average Bonchev–Trinajstić information content (AvgIpc) is 2.87. The SMILES string of the molecule is CCC(=O)N(CCc1ccccc1)C(CC)c1nc2ccccc2c(=O)n1-c1ccc(F)cc1. The van der Waals surface area contributed by atoms with E-state index < -0.39 is 6.04 Å². The van der Waals surface area contributed by atoms with E-state index in [0.717, 1.165) is 5.56 Å². The number of rotatable bonds is 8. The van der Waals surface area contributed by atoms with Crippen LogP contribution in [0.1, 0.15) is 44.1 Å². The molecule has 1 atom stereocenters. The second-order valence-electron chi connectivity index (χ2n) is 8.20. The summed E-state index contributed by atoms with van der Waals surface area (Å²) < 4.78 is 15.2. The maximum atomic E-state index is 13.7. The molecule has 0 bridgehead atoms. The van der Waals surface area contributed by atoms with Crippen LogP contribution >= 0.6 is 0 Å². The summed E-state index contributed by atoms with van der Waals surface area (Å²) in [6.07, 6.45) is 1.61. The number of fused-ring (bicyclic) bond motifs is 1. The predicted molar refractivity (Wildman–Crippen MR) is 132 cm³/mol. The van der Waals surface area contributed by atoms with E-state index in [-0.39, 0.29) is 17.3 Å². The predicted octanol–water partition coefficient (Wildman–Crippen LogP) is 5.46. The van der Waals surface area contributed by atoms with E-state index in [2.05, 4.69) is 0 Å². The van der Waals surface area contributed by atoms with Gasteiger partial charge in [0, 0.05) is 13.0 Å². The highest BCUT2D eigenvalue weighted by Gasteiger charge is 2.28. The molecule has 6 heteroatoms. The van der Waals surface area contributed by atoms with E-state index in [1.807, 2.05) is 55.1 Å². The Kier molecular flexibility index (Phi) is 7.16. The summed E-state index contributed by atoms with van der Waals surface area (Å²) in [5, 5.41) is 0.475. The highest BCUT2D eigenvalue weighted by molar-refractivity contribution is 5.79. The fourth-order valence-electron chi connectivity index (χ4n) is 4.31. The number of aromatic nitrogens is 2. The minimum absolute atomic E-state index is 0.00385. The Hall–Kier alpha value is -3.80. The van der Waals surface area contributed by atoms with Crippen LogP contribution in [0, 0.1) is 5.82 Å². The van der Waals surface area contributed by atoms with Gasteiger partial charge >= 0.3 is 0 Å². The monoisotopic (exact) mass is 457 g/mol. The fourth-order valence-corrected chi connectivity index (χ4v) is 4.31. The summed E-state index contributed by atoms with van der Waals surface area (Å²) in [5.74, 6) is 0.0910. The number of nitrogens with zero attached hydrogens (tertiary/aromatic N) is 3. The van der Waals surface area contributed by atoms with Gasteiger partial charge < -0.3 is 4.90 Å². The topological polar surface area (TPSA) is 55.2 Å². The van der Waals surface area contributed by atoms with E-state index in [0.29, 0.717) is 48.2 Å². The lowest BCUT2D eigenvalue weighted by atomic mass is 10.1. The van der Waals surface area contributed by atoms with Crippen LogP contribution in [-0.4, -0.2) is 26.9 Å². The molecule has 0 aliphatic heterocycles. The normalized spacial score (nSPS) is 12.0. The first-order valence-corrected chi connectivity index (χ1v) is 11.6. The molecule has 0 saturated carbocycles. The van der Waals surface area contributed by atoms with E-state index in [4.69, 9.17) is 4.98 Å². The molecule has 1 unspecified atom stereocenters. The molecule has 0 radical (unpaired) electrons. The van der Waals surface area contributed by atoms with Crippen molar-refractivity contribution < 1.29 is 9.18 Å². The highest BCUT2D eigenvalue weighted by atomic mass is 19.1. The molecule has 0 aliphatic carbocycles. The minimum atomic E-state index is -0.418. The second kappa shape index (κ2) is 10.4. The first kappa shape index (κ1) is 23.4. The first-order valence-electron chi connectivity index (χ1n) is 11.6. The molecule has 4 rings (SSSR count). The van der Waals surface area contributed by atoms with Crippen LogP contribution in [0.5, 0.6) is 0 Å². The Morgan fingerprint density at radius 2 is 1.65 bits per heavy atom. The van der Waals surface area contributed by atoms with Crippen LogP contribution in [0.25, 0.3) is 16.6 Å². The molecule has 4 aromatic rings. The van der Waals surface area contributed by atoms with Crippen molar-refractivity contribution in [1.29, 1.82) is 0 Å². The average molecular weight is 458 g/mol.